The van der Waals surface area contributed by atoms with Crippen molar-refractivity contribution in [3.05, 3.63) is 0 Å². The molecule has 0 aromatic rings. The van der Waals surface area contributed by atoms with Crippen LogP contribution in [0.4, 0.5) is 4.39 Å². The highest BCUT2D eigenvalue weighted by atomic mass is 19.1. The summed E-state index contributed by atoms with van der Waals surface area (Å²) in [4.78, 5) is 2.25. The zero-order valence-corrected chi connectivity index (χ0v) is 9.09. The Morgan fingerprint density at radius 3 is 2.46 bits per heavy atom. The van der Waals surface area contributed by atoms with Crippen molar-refractivity contribution >= 4 is 0 Å². The van der Waals surface area contributed by atoms with Gasteiger partial charge in [-0.25, -0.2) is 4.39 Å². The van der Waals surface area contributed by atoms with E-state index in [1.807, 2.05) is 6.92 Å². The fourth-order valence-electron chi connectivity index (χ4n) is 2.06. The van der Waals surface area contributed by atoms with E-state index in [0.717, 1.165) is 24.9 Å². The van der Waals surface area contributed by atoms with Crippen molar-refractivity contribution in [1.29, 1.82) is 0 Å². The van der Waals surface area contributed by atoms with Crippen LogP contribution in [-0.2, 0) is 0 Å². The molecule has 2 unspecified atom stereocenters. The summed E-state index contributed by atoms with van der Waals surface area (Å²) in [5.74, 6) is 1.65. The van der Waals surface area contributed by atoms with Gasteiger partial charge in [0.15, 0.2) is 0 Å². The Bertz CT molecular complexity index is 143. The van der Waals surface area contributed by atoms with Crippen molar-refractivity contribution < 1.29 is 4.39 Å². The molecule has 0 aromatic carbocycles. The highest BCUT2D eigenvalue weighted by Gasteiger charge is 2.32. The maximum Gasteiger partial charge on any atom is 0.105 e. The third-order valence-corrected chi connectivity index (χ3v) is 3.33. The minimum atomic E-state index is -0.200. The van der Waals surface area contributed by atoms with Crippen molar-refractivity contribution in [2.24, 2.45) is 11.8 Å². The fraction of sp³-hybridized carbons (Fsp3) is 1.00. The van der Waals surface area contributed by atoms with Gasteiger partial charge in [0, 0.05) is 19.1 Å². The molecular formula is C11H22FN. The van der Waals surface area contributed by atoms with E-state index in [-0.39, 0.29) is 12.7 Å². The molecule has 1 fully saturated rings. The summed E-state index contributed by atoms with van der Waals surface area (Å²) in [7, 11) is 0. The quantitative estimate of drug-likeness (QED) is 0.639. The molecule has 1 saturated heterocycles. The lowest BCUT2D eigenvalue weighted by atomic mass is 9.83. The average Bonchev–Trinajstić information content (AvgIpc) is 2.01. The number of halogens is 1. The Kier molecular flexibility index (Phi) is 4.17. The van der Waals surface area contributed by atoms with Gasteiger partial charge in [-0.1, -0.05) is 26.7 Å². The number of nitrogens with zero attached hydrogens (tertiary/aromatic N) is 1. The van der Waals surface area contributed by atoms with Gasteiger partial charge in [-0.3, -0.25) is 4.90 Å². The van der Waals surface area contributed by atoms with Crippen LogP contribution in [0.2, 0.25) is 0 Å². The van der Waals surface area contributed by atoms with E-state index in [4.69, 9.17) is 0 Å². The van der Waals surface area contributed by atoms with Gasteiger partial charge in [0.1, 0.15) is 6.67 Å². The molecule has 1 rings (SSSR count). The van der Waals surface area contributed by atoms with Gasteiger partial charge in [-0.05, 0) is 18.8 Å². The van der Waals surface area contributed by atoms with Crippen molar-refractivity contribution in [3.8, 4) is 0 Å². The molecule has 1 nitrogen and oxygen atoms in total. The summed E-state index contributed by atoms with van der Waals surface area (Å²) < 4.78 is 12.3. The van der Waals surface area contributed by atoms with Crippen molar-refractivity contribution in [2.45, 2.75) is 39.7 Å². The Labute approximate surface area is 81.3 Å². The SMILES string of the molecule is CCCC(C)C1CN(C(C)CF)C1. The van der Waals surface area contributed by atoms with Gasteiger partial charge in [0.05, 0.1) is 0 Å². The predicted molar refractivity (Wildman–Crippen MR) is 54.6 cm³/mol. The van der Waals surface area contributed by atoms with E-state index in [2.05, 4.69) is 18.7 Å². The molecule has 1 aliphatic heterocycles. The van der Waals surface area contributed by atoms with Crippen molar-refractivity contribution in [2.75, 3.05) is 19.8 Å². The first kappa shape index (κ1) is 11.0. The normalized spacial score (nSPS) is 24.0. The van der Waals surface area contributed by atoms with Gasteiger partial charge in [-0.2, -0.15) is 0 Å². The average molecular weight is 187 g/mol. The van der Waals surface area contributed by atoms with Crippen molar-refractivity contribution in [1.82, 2.24) is 4.90 Å². The van der Waals surface area contributed by atoms with E-state index < -0.39 is 0 Å². The molecule has 2 heteroatoms. The Balaban J connectivity index is 2.17. The summed E-state index contributed by atoms with van der Waals surface area (Å²) in [5, 5.41) is 0. The lowest BCUT2D eigenvalue weighted by Gasteiger charge is -2.45. The third kappa shape index (κ3) is 2.67. The molecule has 1 aliphatic rings. The lowest BCUT2D eigenvalue weighted by Crippen LogP contribution is -2.53. The number of hydrogen-bond acceptors (Lipinski definition) is 1. The largest absolute Gasteiger partial charge is 0.297 e. The minimum absolute atomic E-state index is 0.144. The second kappa shape index (κ2) is 4.94. The monoisotopic (exact) mass is 187 g/mol. The number of hydrogen-bond donors (Lipinski definition) is 0. The van der Waals surface area contributed by atoms with Gasteiger partial charge in [0.25, 0.3) is 0 Å². The van der Waals surface area contributed by atoms with E-state index in [1.54, 1.807) is 0 Å². The Hall–Kier alpha value is -0.110. The second-order valence-corrected chi connectivity index (χ2v) is 4.48. The Morgan fingerprint density at radius 1 is 1.38 bits per heavy atom. The van der Waals surface area contributed by atoms with E-state index in [1.165, 1.54) is 12.8 Å². The molecule has 2 atom stereocenters. The van der Waals surface area contributed by atoms with E-state index in [0.29, 0.717) is 0 Å². The fourth-order valence-corrected chi connectivity index (χ4v) is 2.06. The maximum atomic E-state index is 12.3. The molecule has 0 amide bonds. The summed E-state index contributed by atoms with van der Waals surface area (Å²) in [6, 6.07) is 0.144. The maximum absolute atomic E-state index is 12.3. The van der Waals surface area contributed by atoms with Crippen LogP contribution in [0.3, 0.4) is 0 Å². The first-order valence-corrected chi connectivity index (χ1v) is 5.49. The van der Waals surface area contributed by atoms with Crippen LogP contribution in [0, 0.1) is 11.8 Å². The Morgan fingerprint density at radius 2 is 2.00 bits per heavy atom. The molecule has 0 saturated carbocycles. The summed E-state index contributed by atoms with van der Waals surface area (Å²) in [6.07, 6.45) is 2.60. The van der Waals surface area contributed by atoms with Crippen LogP contribution in [0.5, 0.6) is 0 Å². The predicted octanol–water partition coefficient (Wildman–Crippen LogP) is 2.71. The number of alkyl halides is 1. The second-order valence-electron chi connectivity index (χ2n) is 4.48. The molecule has 0 aliphatic carbocycles. The van der Waals surface area contributed by atoms with Crippen molar-refractivity contribution in [3.63, 3.8) is 0 Å². The third-order valence-electron chi connectivity index (χ3n) is 3.33. The van der Waals surface area contributed by atoms with E-state index >= 15 is 0 Å². The van der Waals surface area contributed by atoms with Crippen LogP contribution >= 0.6 is 0 Å². The van der Waals surface area contributed by atoms with Gasteiger partial charge >= 0.3 is 0 Å². The molecule has 1 heterocycles. The van der Waals surface area contributed by atoms with Crippen LogP contribution in [0.25, 0.3) is 0 Å². The first-order chi connectivity index (χ1) is 6.19. The van der Waals surface area contributed by atoms with Gasteiger partial charge in [0.2, 0.25) is 0 Å². The smallest absolute Gasteiger partial charge is 0.105 e. The molecule has 13 heavy (non-hydrogen) atoms. The standard InChI is InChI=1S/C11H22FN/c1-4-5-9(2)11-7-13(8-11)10(3)6-12/h9-11H,4-8H2,1-3H3. The topological polar surface area (TPSA) is 3.24 Å². The molecule has 0 N–H and O–H groups in total. The van der Waals surface area contributed by atoms with Gasteiger partial charge in [-0.15, -0.1) is 0 Å². The van der Waals surface area contributed by atoms with E-state index in [9.17, 15) is 4.39 Å². The molecule has 0 aromatic heterocycles. The molecule has 0 radical (unpaired) electrons. The van der Waals surface area contributed by atoms with Crippen LogP contribution in [0.15, 0.2) is 0 Å². The molecule has 0 spiro atoms. The zero-order chi connectivity index (χ0) is 9.84. The molecule has 78 valence electrons. The minimum Gasteiger partial charge on any atom is -0.297 e. The van der Waals surface area contributed by atoms with Crippen LogP contribution < -0.4 is 0 Å². The summed E-state index contributed by atoms with van der Waals surface area (Å²) in [6.45, 7) is 8.57. The zero-order valence-electron chi connectivity index (χ0n) is 9.09. The number of likely N-dealkylation sites (tertiary alicyclic amines) is 1. The van der Waals surface area contributed by atoms with Crippen LogP contribution in [0.1, 0.15) is 33.6 Å². The highest BCUT2D eigenvalue weighted by molar-refractivity contribution is 4.86. The van der Waals surface area contributed by atoms with Crippen LogP contribution in [-0.4, -0.2) is 30.7 Å². The molecular weight excluding hydrogens is 165 g/mol. The highest BCUT2D eigenvalue weighted by Crippen LogP contribution is 2.28. The summed E-state index contributed by atoms with van der Waals surface area (Å²) in [5.41, 5.74) is 0. The van der Waals surface area contributed by atoms with Gasteiger partial charge < -0.3 is 0 Å². The molecule has 0 bridgehead atoms. The summed E-state index contributed by atoms with van der Waals surface area (Å²) >= 11 is 0. The lowest BCUT2D eigenvalue weighted by molar-refractivity contribution is 0.0190. The first-order valence-electron chi connectivity index (χ1n) is 5.49. The number of rotatable bonds is 5.